The van der Waals surface area contributed by atoms with Crippen molar-refractivity contribution in [3.05, 3.63) is 40.4 Å². The van der Waals surface area contributed by atoms with Crippen LogP contribution in [0.3, 0.4) is 0 Å². The van der Waals surface area contributed by atoms with E-state index in [2.05, 4.69) is 36.2 Å². The highest BCUT2D eigenvalue weighted by Gasteiger charge is 2.08. The maximum Gasteiger partial charge on any atom is 0.233 e. The molecule has 2 rings (SSSR count). The third-order valence-electron chi connectivity index (χ3n) is 2.69. The van der Waals surface area contributed by atoms with Gasteiger partial charge in [0.2, 0.25) is 10.0 Å². The number of hydrogen-bond donors (Lipinski definition) is 2. The second-order valence-corrected chi connectivity index (χ2v) is 7.28. The van der Waals surface area contributed by atoms with Gasteiger partial charge in [0.1, 0.15) is 0 Å². The molecule has 0 radical (unpaired) electrons. The van der Waals surface area contributed by atoms with Crippen LogP contribution in [-0.2, 0) is 10.0 Å². The quantitative estimate of drug-likeness (QED) is 0.844. The molecule has 0 unspecified atom stereocenters. The van der Waals surface area contributed by atoms with Crippen LogP contribution in [-0.4, -0.2) is 24.4 Å². The number of nitrogens with zero attached hydrogens (tertiary/aromatic N) is 2. The molecule has 0 aliphatic carbocycles. The Kier molecular flexibility index (Phi) is 4.79. The summed E-state index contributed by atoms with van der Waals surface area (Å²) < 4.78 is 26.1. The van der Waals surface area contributed by atoms with Crippen LogP contribution >= 0.6 is 15.9 Å². The lowest BCUT2D eigenvalue weighted by atomic mass is 10.2. The Hall–Kier alpha value is -1.67. The monoisotopic (exact) mass is 370 g/mol. The lowest BCUT2D eigenvalue weighted by Crippen LogP contribution is -2.15. The van der Waals surface area contributed by atoms with Crippen molar-refractivity contribution in [3.8, 4) is 0 Å². The van der Waals surface area contributed by atoms with Gasteiger partial charge in [-0.25, -0.2) is 8.42 Å². The fraction of sp³-hybridized carbons (Fsp3) is 0.231. The number of anilines is 3. The van der Waals surface area contributed by atoms with Crippen LogP contribution in [0, 0.1) is 6.92 Å². The first-order valence-electron chi connectivity index (χ1n) is 6.27. The Labute approximate surface area is 132 Å². The largest absolute Gasteiger partial charge is 0.338 e. The van der Waals surface area contributed by atoms with Gasteiger partial charge >= 0.3 is 0 Å². The van der Waals surface area contributed by atoms with Crippen molar-refractivity contribution in [1.82, 2.24) is 10.2 Å². The summed E-state index contributed by atoms with van der Waals surface area (Å²) in [6.45, 7) is 3.56. The van der Waals surface area contributed by atoms with E-state index in [1.165, 1.54) is 0 Å². The van der Waals surface area contributed by atoms with Gasteiger partial charge in [0.15, 0.2) is 11.6 Å². The number of nitrogens with one attached hydrogen (secondary N) is 2. The lowest BCUT2D eigenvalue weighted by molar-refractivity contribution is 0.602. The zero-order valence-electron chi connectivity index (χ0n) is 11.6. The fourth-order valence-corrected chi connectivity index (χ4v) is 2.71. The third kappa shape index (κ3) is 4.40. The molecular formula is C13H15BrN4O2S. The Bertz CT molecular complexity index is 732. The number of rotatable bonds is 5. The third-order valence-corrected chi connectivity index (χ3v) is 4.63. The van der Waals surface area contributed by atoms with Crippen molar-refractivity contribution in [3.63, 3.8) is 0 Å². The fourth-order valence-electron chi connectivity index (χ4n) is 1.54. The van der Waals surface area contributed by atoms with E-state index >= 15 is 0 Å². The van der Waals surface area contributed by atoms with E-state index in [0.717, 1.165) is 15.7 Å². The maximum absolute atomic E-state index is 11.4. The van der Waals surface area contributed by atoms with Gasteiger partial charge < -0.3 is 5.32 Å². The van der Waals surface area contributed by atoms with Gasteiger partial charge in [-0.3, -0.25) is 4.72 Å². The van der Waals surface area contributed by atoms with Crippen LogP contribution in [0.1, 0.15) is 12.5 Å². The molecule has 0 fully saturated rings. The zero-order chi connectivity index (χ0) is 15.5. The summed E-state index contributed by atoms with van der Waals surface area (Å²) in [7, 11) is -3.34. The van der Waals surface area contributed by atoms with Gasteiger partial charge in [0.25, 0.3) is 0 Å². The van der Waals surface area contributed by atoms with Crippen LogP contribution in [0.5, 0.6) is 0 Å². The van der Waals surface area contributed by atoms with Gasteiger partial charge in [0, 0.05) is 4.47 Å². The molecule has 1 aromatic heterocycles. The molecule has 21 heavy (non-hydrogen) atoms. The minimum Gasteiger partial charge on any atom is -0.338 e. The summed E-state index contributed by atoms with van der Waals surface area (Å²) in [5, 5.41) is 10.9. The van der Waals surface area contributed by atoms with Gasteiger partial charge in [-0.2, -0.15) is 0 Å². The van der Waals surface area contributed by atoms with Gasteiger partial charge in [0.05, 0.1) is 11.4 Å². The van der Waals surface area contributed by atoms with E-state index in [-0.39, 0.29) is 11.6 Å². The second-order valence-electron chi connectivity index (χ2n) is 4.42. The highest BCUT2D eigenvalue weighted by molar-refractivity contribution is 9.10. The number of aromatic nitrogens is 2. The summed E-state index contributed by atoms with van der Waals surface area (Å²) >= 11 is 3.47. The Balaban J connectivity index is 2.12. The molecule has 6 nitrogen and oxygen atoms in total. The highest BCUT2D eigenvalue weighted by Crippen LogP contribution is 2.26. The summed E-state index contributed by atoms with van der Waals surface area (Å²) in [4.78, 5) is 0. The predicted octanol–water partition coefficient (Wildman–Crippen LogP) is 3.05. The van der Waals surface area contributed by atoms with Crippen molar-refractivity contribution >= 4 is 43.3 Å². The van der Waals surface area contributed by atoms with Crippen molar-refractivity contribution in [2.75, 3.05) is 15.8 Å². The molecule has 0 amide bonds. The van der Waals surface area contributed by atoms with Crippen molar-refractivity contribution in [2.24, 2.45) is 0 Å². The summed E-state index contributed by atoms with van der Waals surface area (Å²) in [6.07, 6.45) is 0. The van der Waals surface area contributed by atoms with Crippen molar-refractivity contribution in [1.29, 1.82) is 0 Å². The van der Waals surface area contributed by atoms with Crippen LogP contribution in [0.25, 0.3) is 0 Å². The van der Waals surface area contributed by atoms with Crippen LogP contribution in [0.15, 0.2) is 34.8 Å². The topological polar surface area (TPSA) is 84.0 Å². The molecular weight excluding hydrogens is 356 g/mol. The van der Waals surface area contributed by atoms with Crippen LogP contribution in [0.4, 0.5) is 17.3 Å². The smallest absolute Gasteiger partial charge is 0.233 e. The molecule has 112 valence electrons. The average Bonchev–Trinajstić information content (AvgIpc) is 2.44. The Morgan fingerprint density at radius 1 is 1.14 bits per heavy atom. The van der Waals surface area contributed by atoms with Gasteiger partial charge in [-0.1, -0.05) is 6.07 Å². The number of hydrogen-bond acceptors (Lipinski definition) is 5. The molecule has 0 saturated carbocycles. The molecule has 1 aromatic carbocycles. The molecule has 0 spiro atoms. The van der Waals surface area contributed by atoms with Crippen LogP contribution in [0.2, 0.25) is 0 Å². The molecule has 0 aliphatic heterocycles. The minimum absolute atomic E-state index is 0.00893. The average molecular weight is 371 g/mol. The van der Waals surface area contributed by atoms with E-state index in [1.54, 1.807) is 19.1 Å². The molecule has 2 aromatic rings. The number of benzene rings is 1. The molecule has 0 aliphatic rings. The summed E-state index contributed by atoms with van der Waals surface area (Å²) in [6, 6.07) is 9.11. The first-order valence-corrected chi connectivity index (χ1v) is 8.71. The van der Waals surface area contributed by atoms with Gasteiger partial charge in [-0.05, 0) is 59.6 Å². The van der Waals surface area contributed by atoms with E-state index in [0.29, 0.717) is 5.82 Å². The normalized spacial score (nSPS) is 11.2. The SMILES string of the molecule is CCS(=O)(=O)Nc1ccc(Nc2ccc(C)cc2Br)nn1. The van der Waals surface area contributed by atoms with Crippen LogP contribution < -0.4 is 10.0 Å². The molecule has 2 N–H and O–H groups in total. The van der Waals surface area contributed by atoms with Crippen molar-refractivity contribution < 1.29 is 8.42 Å². The molecule has 8 heteroatoms. The van der Waals surface area contributed by atoms with E-state index < -0.39 is 10.0 Å². The van der Waals surface area contributed by atoms with E-state index in [9.17, 15) is 8.42 Å². The zero-order valence-corrected chi connectivity index (χ0v) is 14.0. The van der Waals surface area contributed by atoms with Crippen molar-refractivity contribution in [2.45, 2.75) is 13.8 Å². The maximum atomic E-state index is 11.4. The number of halogens is 1. The molecule has 1 heterocycles. The molecule has 0 saturated heterocycles. The molecule has 0 atom stereocenters. The standard InChI is InChI=1S/C13H15BrN4O2S/c1-3-21(19,20)18-13-7-6-12(16-17-13)15-11-5-4-9(2)8-10(11)14/h4-8H,3H2,1-2H3,(H,15,16)(H,17,18). The first kappa shape index (κ1) is 15.7. The Morgan fingerprint density at radius 3 is 2.38 bits per heavy atom. The summed E-state index contributed by atoms with van der Waals surface area (Å²) in [5.41, 5.74) is 2.00. The second kappa shape index (κ2) is 6.40. The number of sulfonamides is 1. The Morgan fingerprint density at radius 2 is 1.81 bits per heavy atom. The summed E-state index contributed by atoms with van der Waals surface area (Å²) in [5.74, 6) is 0.717. The predicted molar refractivity (Wildman–Crippen MR) is 87.3 cm³/mol. The first-order chi connectivity index (χ1) is 9.89. The van der Waals surface area contributed by atoms with E-state index in [4.69, 9.17) is 0 Å². The lowest BCUT2D eigenvalue weighted by Gasteiger charge is -2.09. The molecule has 0 bridgehead atoms. The van der Waals surface area contributed by atoms with Gasteiger partial charge in [-0.15, -0.1) is 10.2 Å². The number of aryl methyl sites for hydroxylation is 1. The highest BCUT2D eigenvalue weighted by atomic mass is 79.9. The minimum atomic E-state index is -3.34. The van der Waals surface area contributed by atoms with E-state index in [1.807, 2.05) is 25.1 Å².